The number of carbonyl (C=O) groups excluding carboxylic acids is 1. The lowest BCUT2D eigenvalue weighted by molar-refractivity contribution is -0.131. The molecule has 2 fully saturated rings. The Balaban J connectivity index is 1.52. The Morgan fingerprint density at radius 1 is 1.12 bits per heavy atom. The van der Waals surface area contributed by atoms with Crippen molar-refractivity contribution in [3.63, 3.8) is 0 Å². The van der Waals surface area contributed by atoms with Crippen molar-refractivity contribution in [3.05, 3.63) is 45.1 Å². The Morgan fingerprint density at radius 3 is 2.80 bits per heavy atom. The van der Waals surface area contributed by atoms with Gasteiger partial charge in [0.15, 0.2) is 0 Å². The molecule has 1 aromatic carbocycles. The Kier molecular flexibility index (Phi) is 4.17. The van der Waals surface area contributed by atoms with Crippen LogP contribution in [-0.2, 0) is 11.3 Å². The molecule has 2 aromatic rings. The number of carbonyl (C=O) groups is 1. The van der Waals surface area contributed by atoms with E-state index in [0.717, 1.165) is 25.9 Å². The summed E-state index contributed by atoms with van der Waals surface area (Å²) < 4.78 is 1.48. The molecular weight excluding hydrogens is 320 g/mol. The molecule has 1 amide bonds. The van der Waals surface area contributed by atoms with E-state index in [-0.39, 0.29) is 18.9 Å². The maximum atomic E-state index is 12.6. The number of fused-ring (bicyclic) bond motifs is 3. The molecule has 0 radical (unpaired) electrons. The fraction of sp³-hybridized carbons (Fsp3) is 0.500. The van der Waals surface area contributed by atoms with Crippen LogP contribution >= 0.6 is 0 Å². The largest absolute Gasteiger partial charge is 0.341 e. The average Bonchev–Trinajstić information content (AvgIpc) is 2.93. The van der Waals surface area contributed by atoms with Gasteiger partial charge in [-0.25, -0.2) is 4.79 Å². The van der Waals surface area contributed by atoms with E-state index < -0.39 is 11.2 Å². The molecule has 2 bridgehead atoms. The van der Waals surface area contributed by atoms with Crippen molar-refractivity contribution in [2.45, 2.75) is 44.3 Å². The van der Waals surface area contributed by atoms with Crippen LogP contribution in [0.2, 0.25) is 0 Å². The molecule has 2 N–H and O–H groups in total. The Labute approximate surface area is 144 Å². The molecule has 4 rings (SSSR count). The number of aromatic nitrogens is 2. The number of hydrogen-bond acceptors (Lipinski definition) is 4. The standard InChI is InChI=1S/C18H22N4O3/c23-16(21-9-7-12-5-6-13(11-21)19-12)8-10-22-15-4-2-1-3-14(15)17(24)20-18(22)25/h1-4,12-13,19H,5-11H2,(H,20,24,25). The van der Waals surface area contributed by atoms with E-state index in [1.54, 1.807) is 24.3 Å². The highest BCUT2D eigenvalue weighted by Gasteiger charge is 2.30. The van der Waals surface area contributed by atoms with Gasteiger partial charge in [-0.1, -0.05) is 12.1 Å². The van der Waals surface area contributed by atoms with Crippen LogP contribution < -0.4 is 16.6 Å². The molecule has 2 aliphatic rings. The summed E-state index contributed by atoms with van der Waals surface area (Å²) in [6.07, 6.45) is 3.57. The van der Waals surface area contributed by atoms with Gasteiger partial charge in [0.05, 0.1) is 10.9 Å². The van der Waals surface area contributed by atoms with E-state index >= 15 is 0 Å². The lowest BCUT2D eigenvalue weighted by atomic mass is 10.1. The van der Waals surface area contributed by atoms with Crippen LogP contribution in [0.4, 0.5) is 0 Å². The lowest BCUT2D eigenvalue weighted by Crippen LogP contribution is -2.40. The van der Waals surface area contributed by atoms with E-state index in [0.29, 0.717) is 23.0 Å². The topological polar surface area (TPSA) is 87.2 Å². The van der Waals surface area contributed by atoms with Gasteiger partial charge in [0.25, 0.3) is 5.56 Å². The third-order valence-corrected chi connectivity index (χ3v) is 5.33. The predicted octanol–water partition coefficient (Wildman–Crippen LogP) is 0.433. The number of benzene rings is 1. The number of likely N-dealkylation sites (tertiary alicyclic amines) is 1. The minimum absolute atomic E-state index is 0.0662. The maximum Gasteiger partial charge on any atom is 0.328 e. The second-order valence-corrected chi connectivity index (χ2v) is 6.94. The highest BCUT2D eigenvalue weighted by atomic mass is 16.2. The van der Waals surface area contributed by atoms with Crippen molar-refractivity contribution in [3.8, 4) is 0 Å². The van der Waals surface area contributed by atoms with E-state index in [1.165, 1.54) is 11.0 Å². The highest BCUT2D eigenvalue weighted by molar-refractivity contribution is 5.79. The Morgan fingerprint density at radius 2 is 1.92 bits per heavy atom. The fourth-order valence-electron chi connectivity index (χ4n) is 4.00. The summed E-state index contributed by atoms with van der Waals surface area (Å²) in [5, 5.41) is 4.03. The Hall–Kier alpha value is -2.41. The molecule has 3 heterocycles. The maximum absolute atomic E-state index is 12.6. The molecule has 0 saturated carbocycles. The number of H-pyrrole nitrogens is 1. The van der Waals surface area contributed by atoms with Crippen LogP contribution in [0.25, 0.3) is 10.9 Å². The second-order valence-electron chi connectivity index (χ2n) is 6.94. The molecule has 1 aromatic heterocycles. The Bertz CT molecular complexity index is 916. The van der Waals surface area contributed by atoms with Crippen molar-refractivity contribution in [2.75, 3.05) is 13.1 Å². The van der Waals surface area contributed by atoms with Crippen LogP contribution in [0.3, 0.4) is 0 Å². The molecule has 2 saturated heterocycles. The SMILES string of the molecule is O=C(CCn1c(=O)[nH]c(=O)c2ccccc21)N1CCC2CCC(C1)N2. The zero-order chi connectivity index (χ0) is 17.4. The molecule has 7 nitrogen and oxygen atoms in total. The van der Waals surface area contributed by atoms with Crippen LogP contribution in [0, 0.1) is 0 Å². The minimum Gasteiger partial charge on any atom is -0.341 e. The van der Waals surface area contributed by atoms with E-state index in [1.807, 2.05) is 4.90 Å². The number of aryl methyl sites for hydroxylation is 1. The van der Waals surface area contributed by atoms with Gasteiger partial charge in [-0.2, -0.15) is 0 Å². The number of rotatable bonds is 3. The number of amides is 1. The van der Waals surface area contributed by atoms with E-state index in [9.17, 15) is 14.4 Å². The second kappa shape index (κ2) is 6.48. The van der Waals surface area contributed by atoms with Crippen molar-refractivity contribution < 1.29 is 4.79 Å². The molecule has 132 valence electrons. The molecule has 2 atom stereocenters. The number of nitrogens with one attached hydrogen (secondary N) is 2. The smallest absolute Gasteiger partial charge is 0.328 e. The van der Waals surface area contributed by atoms with Gasteiger partial charge in [0, 0.05) is 38.1 Å². The summed E-state index contributed by atoms with van der Waals surface area (Å²) in [6, 6.07) is 7.91. The lowest BCUT2D eigenvalue weighted by Gasteiger charge is -2.24. The predicted molar refractivity (Wildman–Crippen MR) is 94.6 cm³/mol. The number of aromatic amines is 1. The van der Waals surface area contributed by atoms with Crippen LogP contribution in [0.5, 0.6) is 0 Å². The van der Waals surface area contributed by atoms with E-state index in [4.69, 9.17) is 0 Å². The summed E-state index contributed by atoms with van der Waals surface area (Å²) >= 11 is 0. The van der Waals surface area contributed by atoms with Gasteiger partial charge in [0.2, 0.25) is 5.91 Å². The van der Waals surface area contributed by atoms with Gasteiger partial charge in [0.1, 0.15) is 0 Å². The minimum atomic E-state index is -0.465. The third kappa shape index (κ3) is 3.11. The summed E-state index contributed by atoms with van der Waals surface area (Å²) in [5.41, 5.74) is -0.286. The zero-order valence-corrected chi connectivity index (χ0v) is 14.0. The number of nitrogens with zero attached hydrogens (tertiary/aromatic N) is 2. The number of hydrogen-bond donors (Lipinski definition) is 2. The summed E-state index contributed by atoms with van der Waals surface area (Å²) in [6.45, 7) is 1.79. The van der Waals surface area contributed by atoms with Crippen LogP contribution in [0.15, 0.2) is 33.9 Å². The molecule has 2 aliphatic heterocycles. The first-order valence-corrected chi connectivity index (χ1v) is 8.87. The monoisotopic (exact) mass is 342 g/mol. The first kappa shape index (κ1) is 16.1. The summed E-state index contributed by atoms with van der Waals surface area (Å²) in [5.74, 6) is 0.0662. The van der Waals surface area contributed by atoms with Gasteiger partial charge in [-0.05, 0) is 31.4 Å². The molecule has 7 heteroatoms. The molecule has 0 spiro atoms. The first-order valence-electron chi connectivity index (χ1n) is 8.87. The third-order valence-electron chi connectivity index (χ3n) is 5.33. The van der Waals surface area contributed by atoms with Gasteiger partial charge in [-0.3, -0.25) is 19.1 Å². The fourth-order valence-corrected chi connectivity index (χ4v) is 4.00. The average molecular weight is 342 g/mol. The summed E-state index contributed by atoms with van der Waals surface area (Å²) in [7, 11) is 0. The molecule has 0 aliphatic carbocycles. The first-order chi connectivity index (χ1) is 12.1. The summed E-state index contributed by atoms with van der Waals surface area (Å²) in [4.78, 5) is 40.9. The van der Waals surface area contributed by atoms with Crippen molar-refractivity contribution >= 4 is 16.8 Å². The van der Waals surface area contributed by atoms with Crippen molar-refractivity contribution in [1.29, 1.82) is 0 Å². The van der Waals surface area contributed by atoms with Gasteiger partial charge < -0.3 is 10.2 Å². The normalized spacial score (nSPS) is 23.0. The molecule has 25 heavy (non-hydrogen) atoms. The quantitative estimate of drug-likeness (QED) is 0.847. The molecule has 2 unspecified atom stereocenters. The highest BCUT2D eigenvalue weighted by Crippen LogP contribution is 2.20. The van der Waals surface area contributed by atoms with E-state index in [2.05, 4.69) is 10.3 Å². The van der Waals surface area contributed by atoms with Gasteiger partial charge in [-0.15, -0.1) is 0 Å². The number of para-hydroxylation sites is 1. The van der Waals surface area contributed by atoms with Crippen LogP contribution in [0.1, 0.15) is 25.7 Å². The van der Waals surface area contributed by atoms with Crippen molar-refractivity contribution in [1.82, 2.24) is 19.8 Å². The molecular formula is C18H22N4O3. The van der Waals surface area contributed by atoms with Crippen molar-refractivity contribution in [2.24, 2.45) is 0 Å². The zero-order valence-electron chi connectivity index (χ0n) is 14.0. The van der Waals surface area contributed by atoms with Gasteiger partial charge >= 0.3 is 5.69 Å². The van der Waals surface area contributed by atoms with Crippen LogP contribution in [-0.4, -0.2) is 45.5 Å².